The number of hydrogen-bond donors (Lipinski definition) is 4. The van der Waals surface area contributed by atoms with Gasteiger partial charge in [-0.2, -0.15) is 0 Å². The molecule has 3 amide bonds. The summed E-state index contributed by atoms with van der Waals surface area (Å²) in [6, 6.07) is -0.616. The van der Waals surface area contributed by atoms with E-state index < -0.39 is 38.9 Å². The van der Waals surface area contributed by atoms with E-state index in [0.717, 1.165) is 0 Å². The Bertz CT molecular complexity index is 457. The third kappa shape index (κ3) is 5.27. The molecule has 1 radical (unpaired) electrons. The van der Waals surface area contributed by atoms with Gasteiger partial charge in [0.25, 0.3) is 0 Å². The molecule has 2 rings (SSSR count). The Labute approximate surface area is 142 Å². The van der Waals surface area contributed by atoms with Gasteiger partial charge in [0.2, 0.25) is 5.91 Å². The van der Waals surface area contributed by atoms with E-state index in [1.807, 2.05) is 0 Å². The Morgan fingerprint density at radius 3 is 2.67 bits per heavy atom. The van der Waals surface area contributed by atoms with Crippen molar-refractivity contribution in [2.45, 2.75) is 31.3 Å². The normalized spacial score (nSPS) is 30.0. The molecular formula is C9H15N2NaO8P. The standard InChI is InChI=1S/C9H15N2O8P.Na/c12-5-3-8(11-2-1-7(13)10-9(11)14)19-6(5)4-18-20(15,16)17;/h5-6,8,12H,1-4H2,(H,10,13,14)(H2,15,16,17);/t5-,6+,8+;/m0./s1. The number of phosphoric ester groups is 1. The van der Waals surface area contributed by atoms with Crippen LogP contribution in [0.15, 0.2) is 0 Å². The van der Waals surface area contributed by atoms with Gasteiger partial charge in [-0.1, -0.05) is 0 Å². The number of nitrogens with zero attached hydrogens (tertiary/aromatic N) is 1. The van der Waals surface area contributed by atoms with Gasteiger partial charge in [0, 0.05) is 48.9 Å². The molecule has 0 spiro atoms. The molecule has 3 atom stereocenters. The van der Waals surface area contributed by atoms with Crippen LogP contribution in [0, 0.1) is 0 Å². The third-order valence-electron chi connectivity index (χ3n) is 3.05. The van der Waals surface area contributed by atoms with E-state index in [4.69, 9.17) is 14.5 Å². The SMILES string of the molecule is O=C1CCN([C@H]2C[C@H](O)[C@@H](COP(=O)(O)O)O2)C(=O)N1.[Na]. The number of aliphatic hydroxyl groups excluding tert-OH is 1. The van der Waals surface area contributed by atoms with Gasteiger partial charge >= 0.3 is 13.9 Å². The number of carbonyl (C=O) groups is 2. The Morgan fingerprint density at radius 1 is 1.43 bits per heavy atom. The number of carbonyl (C=O) groups excluding carboxylic acids is 2. The predicted molar refractivity (Wildman–Crippen MR) is 67.9 cm³/mol. The first kappa shape index (κ1) is 19.0. The maximum Gasteiger partial charge on any atom is 0.469 e. The Balaban J connectivity index is 0.00000220. The van der Waals surface area contributed by atoms with Crippen molar-refractivity contribution in [3.8, 4) is 0 Å². The molecular weight excluding hydrogens is 318 g/mol. The maximum absolute atomic E-state index is 11.6. The van der Waals surface area contributed by atoms with Crippen LogP contribution in [0.5, 0.6) is 0 Å². The van der Waals surface area contributed by atoms with E-state index in [9.17, 15) is 19.3 Å². The minimum Gasteiger partial charge on any atom is -0.390 e. The number of amides is 3. The van der Waals surface area contributed by atoms with Crippen molar-refractivity contribution in [3.63, 3.8) is 0 Å². The monoisotopic (exact) mass is 333 g/mol. The Morgan fingerprint density at radius 2 is 2.10 bits per heavy atom. The molecule has 0 aromatic heterocycles. The van der Waals surface area contributed by atoms with Crippen LogP contribution in [0.4, 0.5) is 4.79 Å². The molecule has 0 bridgehead atoms. The van der Waals surface area contributed by atoms with Gasteiger partial charge in [0.15, 0.2) is 0 Å². The van der Waals surface area contributed by atoms with Crippen molar-refractivity contribution in [1.82, 2.24) is 10.2 Å². The number of aliphatic hydroxyl groups is 1. The summed E-state index contributed by atoms with van der Waals surface area (Å²) in [6.45, 7) is -0.329. The van der Waals surface area contributed by atoms with Crippen molar-refractivity contribution < 1.29 is 38.3 Å². The van der Waals surface area contributed by atoms with E-state index in [1.54, 1.807) is 0 Å². The fourth-order valence-electron chi connectivity index (χ4n) is 2.08. The largest absolute Gasteiger partial charge is 0.469 e. The van der Waals surface area contributed by atoms with Crippen molar-refractivity contribution >= 4 is 49.3 Å². The fraction of sp³-hybridized carbons (Fsp3) is 0.778. The van der Waals surface area contributed by atoms with E-state index in [-0.39, 0.29) is 54.9 Å². The second-order valence-corrected chi connectivity index (χ2v) is 5.75. The number of hydrogen-bond acceptors (Lipinski definition) is 6. The number of imide groups is 1. The van der Waals surface area contributed by atoms with Gasteiger partial charge in [-0.25, -0.2) is 9.36 Å². The maximum atomic E-state index is 11.6. The zero-order chi connectivity index (χ0) is 14.9. The topological polar surface area (TPSA) is 146 Å². The third-order valence-corrected chi connectivity index (χ3v) is 3.53. The predicted octanol–water partition coefficient (Wildman–Crippen LogP) is -1.87. The van der Waals surface area contributed by atoms with Gasteiger partial charge in [-0.15, -0.1) is 0 Å². The summed E-state index contributed by atoms with van der Waals surface area (Å²) in [5.41, 5.74) is 0. The first-order valence-electron chi connectivity index (χ1n) is 5.90. The van der Waals surface area contributed by atoms with Crippen LogP contribution in [0.1, 0.15) is 12.8 Å². The molecule has 0 aliphatic carbocycles. The smallest absolute Gasteiger partial charge is 0.390 e. The Kier molecular flexibility index (Phi) is 6.79. The molecule has 10 nitrogen and oxygen atoms in total. The number of ether oxygens (including phenoxy) is 1. The molecule has 4 N–H and O–H groups in total. The summed E-state index contributed by atoms with van der Waals surface area (Å²) in [5, 5.41) is 11.9. The molecule has 2 fully saturated rings. The van der Waals surface area contributed by atoms with Crippen LogP contribution >= 0.6 is 7.82 Å². The number of phosphoric acid groups is 1. The first-order valence-corrected chi connectivity index (χ1v) is 7.43. The quantitative estimate of drug-likeness (QED) is 0.346. The average molecular weight is 333 g/mol. The molecule has 0 aromatic rings. The molecule has 0 unspecified atom stereocenters. The molecule has 0 aromatic carbocycles. The number of rotatable bonds is 4. The summed E-state index contributed by atoms with van der Waals surface area (Å²) in [4.78, 5) is 41.1. The van der Waals surface area contributed by atoms with Crippen molar-refractivity contribution in [3.05, 3.63) is 0 Å². The van der Waals surface area contributed by atoms with Gasteiger partial charge in [-0.3, -0.25) is 19.5 Å². The summed E-state index contributed by atoms with van der Waals surface area (Å²) >= 11 is 0. The van der Waals surface area contributed by atoms with Gasteiger partial charge in [-0.05, 0) is 0 Å². The zero-order valence-corrected chi connectivity index (χ0v) is 14.2. The van der Waals surface area contributed by atoms with E-state index in [0.29, 0.717) is 0 Å². The molecule has 0 saturated carbocycles. The summed E-state index contributed by atoms with van der Waals surface area (Å²) in [5.74, 6) is -0.383. The van der Waals surface area contributed by atoms with E-state index in [1.165, 1.54) is 4.90 Å². The average Bonchev–Trinajstić information content (AvgIpc) is 2.67. The van der Waals surface area contributed by atoms with Crippen LogP contribution < -0.4 is 5.32 Å². The van der Waals surface area contributed by atoms with Crippen molar-refractivity contribution in [1.29, 1.82) is 0 Å². The second kappa shape index (κ2) is 7.49. The molecule has 21 heavy (non-hydrogen) atoms. The summed E-state index contributed by atoms with van der Waals surface area (Å²) in [6.07, 6.45) is -2.51. The molecule has 12 heteroatoms. The minimum atomic E-state index is -4.65. The molecule has 2 aliphatic rings. The van der Waals surface area contributed by atoms with Crippen molar-refractivity contribution in [2.24, 2.45) is 0 Å². The summed E-state index contributed by atoms with van der Waals surface area (Å²) in [7, 11) is -4.65. The first-order chi connectivity index (χ1) is 9.26. The van der Waals surface area contributed by atoms with E-state index >= 15 is 0 Å². The van der Waals surface area contributed by atoms with Gasteiger partial charge in [0.05, 0.1) is 12.7 Å². The molecule has 2 aliphatic heterocycles. The summed E-state index contributed by atoms with van der Waals surface area (Å²) < 4.78 is 20.2. The fourth-order valence-corrected chi connectivity index (χ4v) is 2.42. The molecule has 115 valence electrons. The van der Waals surface area contributed by atoms with Crippen LogP contribution in [-0.4, -0.2) is 92.9 Å². The zero-order valence-electron chi connectivity index (χ0n) is 11.3. The number of urea groups is 1. The van der Waals surface area contributed by atoms with Crippen LogP contribution in [0.3, 0.4) is 0 Å². The van der Waals surface area contributed by atoms with Crippen LogP contribution in [0.25, 0.3) is 0 Å². The molecule has 2 heterocycles. The Hall–Kier alpha value is -0.0300. The van der Waals surface area contributed by atoms with Crippen molar-refractivity contribution in [2.75, 3.05) is 13.2 Å². The van der Waals surface area contributed by atoms with E-state index in [2.05, 4.69) is 9.84 Å². The van der Waals surface area contributed by atoms with Gasteiger partial charge < -0.3 is 19.6 Å². The molecule has 2 saturated heterocycles. The van der Waals surface area contributed by atoms with Crippen LogP contribution in [0.2, 0.25) is 0 Å². The second-order valence-electron chi connectivity index (χ2n) is 4.52. The van der Waals surface area contributed by atoms with Gasteiger partial charge in [0.1, 0.15) is 12.3 Å². The number of nitrogens with one attached hydrogen (secondary N) is 1. The van der Waals surface area contributed by atoms with Crippen LogP contribution in [-0.2, 0) is 18.6 Å². The minimum absolute atomic E-state index is 0.